The third kappa shape index (κ3) is 3.38. The largest absolute Gasteiger partial charge is 0.475 e. The zero-order chi connectivity index (χ0) is 19.5. The second-order valence-corrected chi connectivity index (χ2v) is 9.39. The molecule has 142 valence electrons. The smallest absolute Gasteiger partial charge is 0.469 e. The molecule has 2 fully saturated rings. The van der Waals surface area contributed by atoms with Crippen LogP contribution >= 0.6 is 0 Å². The van der Waals surface area contributed by atoms with Crippen molar-refractivity contribution in [2.75, 3.05) is 7.11 Å². The highest BCUT2D eigenvalue weighted by atomic mass is 16.7. The minimum absolute atomic E-state index is 0.281. The quantitative estimate of drug-likeness (QED) is 0.571. The van der Waals surface area contributed by atoms with Crippen molar-refractivity contribution in [3.8, 4) is 0 Å². The molecule has 0 spiro atoms. The molecule has 2 aliphatic heterocycles. The third-order valence-electron chi connectivity index (χ3n) is 6.32. The van der Waals surface area contributed by atoms with E-state index in [9.17, 15) is 4.79 Å². The van der Waals surface area contributed by atoms with Gasteiger partial charge in [-0.15, -0.1) is 0 Å². The molecule has 25 heavy (non-hydrogen) atoms. The minimum atomic E-state index is -1.05. The lowest BCUT2D eigenvalue weighted by Gasteiger charge is -2.32. The summed E-state index contributed by atoms with van der Waals surface area (Å²) in [5.74, 6) is -0.402. The SMILES string of the molecule is COC(=O)C(C)(CB1OC(C)(C)C(C)(C)O1)B1OC(C)(C)C(C)(C)O1. The normalized spacial score (nSPS) is 28.7. The van der Waals surface area contributed by atoms with Crippen LogP contribution in [0.25, 0.3) is 0 Å². The molecular formula is C17H32B2O6. The van der Waals surface area contributed by atoms with Crippen LogP contribution in [-0.2, 0) is 28.1 Å². The van der Waals surface area contributed by atoms with E-state index in [1.54, 1.807) is 6.92 Å². The van der Waals surface area contributed by atoms with Gasteiger partial charge in [-0.2, -0.15) is 0 Å². The van der Waals surface area contributed by atoms with Crippen LogP contribution in [0.2, 0.25) is 11.6 Å². The molecule has 1 unspecified atom stereocenters. The molecule has 2 heterocycles. The van der Waals surface area contributed by atoms with Crippen LogP contribution in [0.4, 0.5) is 0 Å². The molecule has 8 heteroatoms. The summed E-state index contributed by atoms with van der Waals surface area (Å²) in [5.41, 5.74) is -2.01. The van der Waals surface area contributed by atoms with Crippen LogP contribution in [0, 0.1) is 0 Å². The van der Waals surface area contributed by atoms with Crippen LogP contribution in [0.5, 0.6) is 0 Å². The highest BCUT2D eigenvalue weighted by Crippen LogP contribution is 2.50. The lowest BCUT2D eigenvalue weighted by atomic mass is 9.50. The monoisotopic (exact) mass is 354 g/mol. The van der Waals surface area contributed by atoms with Gasteiger partial charge in [-0.25, -0.2) is 0 Å². The zero-order valence-electron chi connectivity index (χ0n) is 17.3. The second kappa shape index (κ2) is 5.98. The van der Waals surface area contributed by atoms with E-state index in [0.29, 0.717) is 0 Å². The predicted molar refractivity (Wildman–Crippen MR) is 97.4 cm³/mol. The molecule has 0 N–H and O–H groups in total. The standard InChI is InChI=1S/C17H32B2O6/c1-13(2)14(3,4)23-18(22-13)11-17(9,12(20)21-10)19-24-15(5,6)16(7,8)25-19/h11H2,1-10H3. The minimum Gasteiger partial charge on any atom is -0.469 e. The van der Waals surface area contributed by atoms with Gasteiger partial charge in [0.2, 0.25) is 0 Å². The molecular weight excluding hydrogens is 322 g/mol. The van der Waals surface area contributed by atoms with Gasteiger partial charge < -0.3 is 23.4 Å². The molecule has 6 nitrogen and oxygen atoms in total. The molecule has 0 bridgehead atoms. The Hall–Kier alpha value is -0.560. The lowest BCUT2D eigenvalue weighted by molar-refractivity contribution is -0.144. The van der Waals surface area contributed by atoms with Gasteiger partial charge in [-0.3, -0.25) is 4.79 Å². The molecule has 0 saturated carbocycles. The van der Waals surface area contributed by atoms with Crippen LogP contribution in [-0.4, -0.2) is 49.7 Å². The molecule has 0 aromatic rings. The molecule has 1 atom stereocenters. The number of ether oxygens (including phenoxy) is 1. The van der Waals surface area contributed by atoms with Crippen molar-refractivity contribution < 1.29 is 28.1 Å². The van der Waals surface area contributed by atoms with Crippen molar-refractivity contribution in [2.24, 2.45) is 0 Å². The van der Waals surface area contributed by atoms with Crippen molar-refractivity contribution in [1.82, 2.24) is 0 Å². The first-order valence-corrected chi connectivity index (χ1v) is 8.88. The molecule has 0 aliphatic carbocycles. The highest BCUT2D eigenvalue weighted by Gasteiger charge is 2.64. The summed E-state index contributed by atoms with van der Waals surface area (Å²) < 4.78 is 29.5. The summed E-state index contributed by atoms with van der Waals surface area (Å²) in [4.78, 5) is 12.7. The first kappa shape index (κ1) is 20.7. The van der Waals surface area contributed by atoms with Gasteiger partial charge in [0.1, 0.15) is 0 Å². The van der Waals surface area contributed by atoms with Crippen LogP contribution in [0.15, 0.2) is 0 Å². The van der Waals surface area contributed by atoms with E-state index >= 15 is 0 Å². The van der Waals surface area contributed by atoms with Crippen LogP contribution in [0.1, 0.15) is 62.3 Å². The first-order valence-electron chi connectivity index (χ1n) is 8.88. The number of hydrogen-bond acceptors (Lipinski definition) is 6. The fourth-order valence-electron chi connectivity index (χ4n) is 3.01. The number of carbonyl (C=O) groups is 1. The van der Waals surface area contributed by atoms with E-state index in [1.165, 1.54) is 7.11 Å². The summed E-state index contributed by atoms with van der Waals surface area (Å²) >= 11 is 0. The van der Waals surface area contributed by atoms with Gasteiger partial charge in [-0.1, -0.05) is 6.92 Å². The molecule has 0 amide bonds. The summed E-state index contributed by atoms with van der Waals surface area (Å²) in [7, 11) is 0.0767. The molecule has 2 rings (SSSR count). The van der Waals surface area contributed by atoms with E-state index in [1.807, 2.05) is 55.4 Å². The Kier molecular flexibility index (Phi) is 4.96. The fourth-order valence-corrected chi connectivity index (χ4v) is 3.01. The van der Waals surface area contributed by atoms with Crippen molar-refractivity contribution in [3.05, 3.63) is 0 Å². The van der Waals surface area contributed by atoms with Gasteiger partial charge in [0, 0.05) is 0 Å². The number of carbonyl (C=O) groups excluding carboxylic acids is 1. The fraction of sp³-hybridized carbons (Fsp3) is 0.941. The third-order valence-corrected chi connectivity index (χ3v) is 6.32. The second-order valence-electron chi connectivity index (χ2n) is 9.39. The van der Waals surface area contributed by atoms with Gasteiger partial charge in [0.25, 0.3) is 0 Å². The van der Waals surface area contributed by atoms with Crippen LogP contribution < -0.4 is 0 Å². The van der Waals surface area contributed by atoms with E-state index < -0.39 is 47.9 Å². The Labute approximate surface area is 152 Å². The Balaban J connectivity index is 2.27. The Morgan fingerprint density at radius 3 is 1.56 bits per heavy atom. The Bertz CT molecular complexity index is 513. The molecule has 2 saturated heterocycles. The number of esters is 1. The number of rotatable bonds is 4. The van der Waals surface area contributed by atoms with Crippen molar-refractivity contribution >= 4 is 20.2 Å². The average molecular weight is 354 g/mol. The van der Waals surface area contributed by atoms with Crippen molar-refractivity contribution in [3.63, 3.8) is 0 Å². The Morgan fingerprint density at radius 1 is 0.840 bits per heavy atom. The van der Waals surface area contributed by atoms with E-state index in [4.69, 9.17) is 23.4 Å². The van der Waals surface area contributed by atoms with Gasteiger partial charge >= 0.3 is 20.2 Å². The number of methoxy groups -OCH3 is 1. The van der Waals surface area contributed by atoms with E-state index in [2.05, 4.69) is 0 Å². The summed E-state index contributed by atoms with van der Waals surface area (Å²) in [6.45, 7) is 17.5. The van der Waals surface area contributed by atoms with Crippen molar-refractivity contribution in [2.45, 2.75) is 96.4 Å². The van der Waals surface area contributed by atoms with Crippen LogP contribution in [0.3, 0.4) is 0 Å². The van der Waals surface area contributed by atoms with Gasteiger partial charge in [0.05, 0.1) is 34.8 Å². The summed E-state index contributed by atoms with van der Waals surface area (Å²) in [6.07, 6.45) is 0.281. The first-order chi connectivity index (χ1) is 11.1. The van der Waals surface area contributed by atoms with E-state index in [-0.39, 0.29) is 6.32 Å². The summed E-state index contributed by atoms with van der Waals surface area (Å²) in [5, 5.41) is -1.05. The van der Waals surface area contributed by atoms with Gasteiger partial charge in [-0.05, 0) is 61.7 Å². The van der Waals surface area contributed by atoms with Crippen molar-refractivity contribution in [1.29, 1.82) is 0 Å². The van der Waals surface area contributed by atoms with Gasteiger partial charge in [0.15, 0.2) is 0 Å². The maximum Gasteiger partial charge on any atom is 0.475 e. The summed E-state index contributed by atoms with van der Waals surface area (Å²) in [6, 6.07) is 0. The lowest BCUT2D eigenvalue weighted by Crippen LogP contribution is -2.44. The molecule has 0 radical (unpaired) electrons. The maximum atomic E-state index is 12.7. The highest BCUT2D eigenvalue weighted by molar-refractivity contribution is 6.59. The molecule has 0 aromatic heterocycles. The van der Waals surface area contributed by atoms with E-state index in [0.717, 1.165) is 0 Å². The maximum absolute atomic E-state index is 12.7. The molecule has 0 aromatic carbocycles. The molecule has 2 aliphatic rings. The topological polar surface area (TPSA) is 63.2 Å². The average Bonchev–Trinajstić information content (AvgIpc) is 2.76. The predicted octanol–water partition coefficient (Wildman–Crippen LogP) is 3.10. The number of hydrogen-bond donors (Lipinski definition) is 0. The Morgan fingerprint density at radius 2 is 1.20 bits per heavy atom. The zero-order valence-corrected chi connectivity index (χ0v) is 17.3.